The molecule has 0 amide bonds. The summed E-state index contributed by atoms with van der Waals surface area (Å²) < 4.78 is 11.7. The maximum Gasteiger partial charge on any atom is 0.217 e. The second kappa shape index (κ2) is 6.54. The molecule has 0 bridgehead atoms. The Morgan fingerprint density at radius 1 is 1.25 bits per heavy atom. The molecule has 2 aliphatic heterocycles. The Bertz CT molecular complexity index is 1050. The molecule has 28 heavy (non-hydrogen) atoms. The van der Waals surface area contributed by atoms with Crippen molar-refractivity contribution < 1.29 is 9.47 Å². The highest BCUT2D eigenvalue weighted by Gasteiger charge is 2.55. The summed E-state index contributed by atoms with van der Waals surface area (Å²) in [6.07, 6.45) is 4.34. The van der Waals surface area contributed by atoms with E-state index in [0.717, 1.165) is 41.7 Å². The van der Waals surface area contributed by atoms with Crippen LogP contribution in [-0.2, 0) is 10.2 Å². The molecule has 0 spiro atoms. The number of rotatable bonds is 3. The van der Waals surface area contributed by atoms with Crippen LogP contribution in [0.2, 0.25) is 0 Å². The first-order valence-corrected chi connectivity index (χ1v) is 9.90. The Morgan fingerprint density at radius 3 is 3.00 bits per heavy atom. The molecule has 144 valence electrons. The van der Waals surface area contributed by atoms with Crippen LogP contribution in [0.3, 0.4) is 0 Å². The number of nitrogens with one attached hydrogen (secondary N) is 1. The number of pyridine rings is 2. The third-order valence-corrected chi connectivity index (χ3v) is 6.23. The zero-order valence-corrected chi connectivity index (χ0v) is 16.5. The maximum absolute atomic E-state index is 5.90. The summed E-state index contributed by atoms with van der Waals surface area (Å²) in [5, 5.41) is 4.62. The Labute approximate surface area is 165 Å². The number of ether oxygens (including phenoxy) is 2. The summed E-state index contributed by atoms with van der Waals surface area (Å²) in [5.74, 6) is 0.690. The Hall–Kier alpha value is -2.50. The van der Waals surface area contributed by atoms with Gasteiger partial charge in [-0.1, -0.05) is 19.1 Å². The maximum atomic E-state index is 5.90. The van der Waals surface area contributed by atoms with Gasteiger partial charge < -0.3 is 9.47 Å². The van der Waals surface area contributed by atoms with E-state index in [2.05, 4.69) is 54.5 Å². The SMILES string of the molecule is COc1nc(-c2cc(C)c3cccnc3c2)ccc1[C@@]1(C)CCCNC2OC21. The van der Waals surface area contributed by atoms with Crippen LogP contribution in [0, 0.1) is 6.92 Å². The molecule has 0 aliphatic carbocycles. The van der Waals surface area contributed by atoms with Gasteiger partial charge in [0.1, 0.15) is 12.3 Å². The minimum atomic E-state index is -0.0914. The number of epoxide rings is 1. The minimum Gasteiger partial charge on any atom is -0.481 e. The van der Waals surface area contributed by atoms with E-state index in [9.17, 15) is 0 Å². The Morgan fingerprint density at radius 2 is 2.14 bits per heavy atom. The smallest absolute Gasteiger partial charge is 0.217 e. The van der Waals surface area contributed by atoms with Gasteiger partial charge in [0, 0.05) is 28.1 Å². The van der Waals surface area contributed by atoms with Gasteiger partial charge in [0.2, 0.25) is 5.88 Å². The van der Waals surface area contributed by atoms with Crippen molar-refractivity contribution in [2.75, 3.05) is 13.7 Å². The fourth-order valence-corrected chi connectivity index (χ4v) is 4.59. The molecule has 0 radical (unpaired) electrons. The second-order valence-electron chi connectivity index (χ2n) is 8.07. The predicted molar refractivity (Wildman–Crippen MR) is 110 cm³/mol. The van der Waals surface area contributed by atoms with Gasteiger partial charge >= 0.3 is 0 Å². The van der Waals surface area contributed by atoms with Gasteiger partial charge in [-0.25, -0.2) is 4.98 Å². The number of fused-ring (bicyclic) bond motifs is 2. The lowest BCUT2D eigenvalue weighted by atomic mass is 9.76. The van der Waals surface area contributed by atoms with Crippen LogP contribution < -0.4 is 10.1 Å². The fourth-order valence-electron chi connectivity index (χ4n) is 4.59. The average molecular weight is 375 g/mol. The monoisotopic (exact) mass is 375 g/mol. The van der Waals surface area contributed by atoms with E-state index in [1.165, 1.54) is 10.9 Å². The molecule has 1 aromatic carbocycles. The van der Waals surface area contributed by atoms with Gasteiger partial charge in [0.25, 0.3) is 0 Å². The van der Waals surface area contributed by atoms with Crippen molar-refractivity contribution in [1.82, 2.24) is 15.3 Å². The molecule has 2 fully saturated rings. The summed E-state index contributed by atoms with van der Waals surface area (Å²) in [4.78, 5) is 9.40. The van der Waals surface area contributed by atoms with Crippen LogP contribution in [0.5, 0.6) is 5.88 Å². The number of aromatic nitrogens is 2. The normalized spacial score (nSPS) is 26.5. The summed E-state index contributed by atoms with van der Waals surface area (Å²) in [6, 6.07) is 12.6. The van der Waals surface area contributed by atoms with E-state index in [-0.39, 0.29) is 17.7 Å². The molecule has 5 heteroatoms. The minimum absolute atomic E-state index is 0.0914. The standard InChI is InChI=1S/C23H25N3O2/c1-14-12-15(13-19-16(14)6-4-10-24-19)18-8-7-17(21(26-18)27-3)23(2)9-5-11-25-22-20(23)28-22/h4,6-8,10,12-13,20,22,25H,5,9,11H2,1-3H3/t20?,22?,23-/m1/s1. The van der Waals surface area contributed by atoms with Gasteiger partial charge in [0.15, 0.2) is 0 Å². The molecule has 5 rings (SSSR count). The largest absolute Gasteiger partial charge is 0.481 e. The summed E-state index contributed by atoms with van der Waals surface area (Å²) in [5.41, 5.74) is 5.18. The van der Waals surface area contributed by atoms with Crippen molar-refractivity contribution in [3.8, 4) is 17.1 Å². The average Bonchev–Trinajstić information content (AvgIpc) is 3.51. The first kappa shape index (κ1) is 17.6. The lowest BCUT2D eigenvalue weighted by molar-refractivity contribution is 0.251. The number of nitrogens with zero attached hydrogens (tertiary/aromatic N) is 2. The van der Waals surface area contributed by atoms with Crippen molar-refractivity contribution in [2.24, 2.45) is 0 Å². The van der Waals surface area contributed by atoms with Crippen LogP contribution >= 0.6 is 0 Å². The zero-order valence-electron chi connectivity index (χ0n) is 16.5. The molecule has 2 aliphatic rings. The summed E-state index contributed by atoms with van der Waals surface area (Å²) in [7, 11) is 1.70. The van der Waals surface area contributed by atoms with Crippen molar-refractivity contribution in [3.05, 3.63) is 53.7 Å². The van der Waals surface area contributed by atoms with Crippen LogP contribution in [0.15, 0.2) is 42.6 Å². The van der Waals surface area contributed by atoms with Gasteiger partial charge in [-0.05, 0) is 56.1 Å². The van der Waals surface area contributed by atoms with Crippen molar-refractivity contribution in [3.63, 3.8) is 0 Å². The third-order valence-electron chi connectivity index (χ3n) is 6.23. The molecule has 2 aromatic heterocycles. The summed E-state index contributed by atoms with van der Waals surface area (Å²) in [6.45, 7) is 5.38. The number of benzene rings is 1. The van der Waals surface area contributed by atoms with Gasteiger partial charge in [-0.3, -0.25) is 10.3 Å². The topological polar surface area (TPSA) is 59.6 Å². The van der Waals surface area contributed by atoms with E-state index in [4.69, 9.17) is 14.5 Å². The number of aryl methyl sites for hydroxylation is 1. The molecular formula is C23H25N3O2. The van der Waals surface area contributed by atoms with E-state index < -0.39 is 0 Å². The molecule has 2 unspecified atom stereocenters. The number of hydrogen-bond acceptors (Lipinski definition) is 5. The molecule has 5 nitrogen and oxygen atoms in total. The molecule has 3 aromatic rings. The zero-order chi connectivity index (χ0) is 19.3. The van der Waals surface area contributed by atoms with Crippen molar-refractivity contribution >= 4 is 10.9 Å². The molecule has 2 saturated heterocycles. The Balaban J connectivity index is 1.58. The van der Waals surface area contributed by atoms with Gasteiger partial charge in [-0.15, -0.1) is 0 Å². The van der Waals surface area contributed by atoms with Gasteiger partial charge in [0.05, 0.1) is 18.3 Å². The summed E-state index contributed by atoms with van der Waals surface area (Å²) >= 11 is 0. The van der Waals surface area contributed by atoms with Crippen LogP contribution in [0.1, 0.15) is 30.9 Å². The Kier molecular flexibility index (Phi) is 4.11. The number of methoxy groups -OCH3 is 1. The van der Waals surface area contributed by atoms with E-state index >= 15 is 0 Å². The number of hydrogen-bond donors (Lipinski definition) is 1. The molecule has 1 N–H and O–H groups in total. The molecule has 4 heterocycles. The molecule has 3 atom stereocenters. The highest BCUT2D eigenvalue weighted by atomic mass is 16.6. The quantitative estimate of drug-likeness (QED) is 0.702. The first-order chi connectivity index (χ1) is 13.6. The third kappa shape index (κ3) is 2.77. The van der Waals surface area contributed by atoms with Crippen molar-refractivity contribution in [1.29, 1.82) is 0 Å². The van der Waals surface area contributed by atoms with E-state index in [0.29, 0.717) is 5.88 Å². The fraction of sp³-hybridized carbons (Fsp3) is 0.391. The van der Waals surface area contributed by atoms with Crippen LogP contribution in [0.25, 0.3) is 22.2 Å². The van der Waals surface area contributed by atoms with E-state index in [1.54, 1.807) is 7.11 Å². The molecular weight excluding hydrogens is 350 g/mol. The highest BCUT2D eigenvalue weighted by Crippen LogP contribution is 2.47. The first-order valence-electron chi connectivity index (χ1n) is 9.90. The van der Waals surface area contributed by atoms with Crippen LogP contribution in [-0.4, -0.2) is 36.0 Å². The lowest BCUT2D eigenvalue weighted by Crippen LogP contribution is -2.31. The van der Waals surface area contributed by atoms with E-state index in [1.807, 2.05) is 12.3 Å². The lowest BCUT2D eigenvalue weighted by Gasteiger charge is -2.29. The predicted octanol–water partition coefficient (Wildman–Crippen LogP) is 3.98. The second-order valence-corrected chi connectivity index (χ2v) is 8.07. The molecule has 0 saturated carbocycles. The van der Waals surface area contributed by atoms with Gasteiger partial charge in [-0.2, -0.15) is 0 Å². The highest BCUT2D eigenvalue weighted by molar-refractivity contribution is 5.86. The van der Waals surface area contributed by atoms with Crippen molar-refractivity contribution in [2.45, 2.75) is 44.4 Å². The van der Waals surface area contributed by atoms with Crippen LogP contribution in [0.4, 0.5) is 0 Å².